The van der Waals surface area contributed by atoms with Gasteiger partial charge in [-0.05, 0) is 5.56 Å². The zero-order chi connectivity index (χ0) is 9.84. The number of thiocarbonyl (C=S) groups is 1. The Morgan fingerprint density at radius 1 is 1.38 bits per heavy atom. The number of hydrogen-bond donors (Lipinski definition) is 2. The predicted octanol–water partition coefficient (Wildman–Crippen LogP) is 2.11. The lowest BCUT2D eigenvalue weighted by molar-refractivity contribution is -0.136. The van der Waals surface area contributed by atoms with Crippen LogP contribution in [0, 0.1) is 0 Å². The minimum atomic E-state index is -0.966. The summed E-state index contributed by atoms with van der Waals surface area (Å²) in [5.74, 6) is -1.76. The summed E-state index contributed by atoms with van der Waals surface area (Å²) in [4.78, 5) is 10.8. The fraction of sp³-hybridized carbons (Fsp3) is 0.111. The van der Waals surface area contributed by atoms with Crippen LogP contribution in [0.5, 0.6) is 0 Å². The summed E-state index contributed by atoms with van der Waals surface area (Å²) >= 11 is 8.65. The zero-order valence-electron chi connectivity index (χ0n) is 6.68. The lowest BCUT2D eigenvalue weighted by Crippen LogP contribution is -2.16. The summed E-state index contributed by atoms with van der Waals surface area (Å²) in [6.45, 7) is 0. The number of rotatable bonds is 3. The van der Waals surface area contributed by atoms with E-state index in [1.54, 1.807) is 24.3 Å². The first-order valence-electron chi connectivity index (χ1n) is 3.63. The highest BCUT2D eigenvalue weighted by Gasteiger charge is 2.21. The predicted molar refractivity (Wildman–Crippen MR) is 58.4 cm³/mol. The Balaban J connectivity index is 3.03. The van der Waals surface area contributed by atoms with Crippen LogP contribution in [0.15, 0.2) is 30.3 Å². The lowest BCUT2D eigenvalue weighted by atomic mass is 10.0. The van der Waals surface area contributed by atoms with Gasteiger partial charge >= 0.3 is 5.97 Å². The van der Waals surface area contributed by atoms with Crippen LogP contribution in [0.25, 0.3) is 0 Å². The highest BCUT2D eigenvalue weighted by molar-refractivity contribution is 8.11. The molecule has 0 fully saturated rings. The molecular weight excluding hydrogens is 204 g/mol. The van der Waals surface area contributed by atoms with Crippen molar-refractivity contribution in [1.82, 2.24) is 0 Å². The lowest BCUT2D eigenvalue weighted by Gasteiger charge is -2.09. The van der Waals surface area contributed by atoms with E-state index in [4.69, 9.17) is 17.3 Å². The van der Waals surface area contributed by atoms with Crippen molar-refractivity contribution in [2.75, 3.05) is 0 Å². The molecule has 0 radical (unpaired) electrons. The molecule has 1 N–H and O–H groups in total. The van der Waals surface area contributed by atoms with E-state index in [1.165, 1.54) is 0 Å². The van der Waals surface area contributed by atoms with E-state index >= 15 is 0 Å². The standard InChI is InChI=1S/C9H8O2S2/c10-8(11)7(9(12)13)6-4-2-1-3-5-6/h1-5,7H,(H,10,11)(H,12,13). The van der Waals surface area contributed by atoms with Crippen molar-refractivity contribution >= 4 is 35.0 Å². The largest absolute Gasteiger partial charge is 0.480 e. The minimum Gasteiger partial charge on any atom is -0.480 e. The van der Waals surface area contributed by atoms with Crippen LogP contribution in [-0.2, 0) is 4.79 Å². The third kappa shape index (κ3) is 2.54. The highest BCUT2D eigenvalue weighted by atomic mass is 32.1. The summed E-state index contributed by atoms with van der Waals surface area (Å²) in [5.41, 5.74) is 0.662. The van der Waals surface area contributed by atoms with Crippen LogP contribution in [-0.4, -0.2) is 15.3 Å². The highest BCUT2D eigenvalue weighted by Crippen LogP contribution is 2.19. The van der Waals surface area contributed by atoms with Crippen LogP contribution in [0.2, 0.25) is 0 Å². The summed E-state index contributed by atoms with van der Waals surface area (Å²) < 4.78 is 0.179. The van der Waals surface area contributed by atoms with Crippen LogP contribution in [0.3, 0.4) is 0 Å². The molecule has 0 bridgehead atoms. The first-order chi connectivity index (χ1) is 6.13. The Morgan fingerprint density at radius 3 is 2.31 bits per heavy atom. The molecule has 0 aromatic heterocycles. The molecule has 0 aliphatic carbocycles. The van der Waals surface area contributed by atoms with Crippen LogP contribution in [0.1, 0.15) is 11.5 Å². The van der Waals surface area contributed by atoms with Gasteiger partial charge < -0.3 is 5.11 Å². The molecule has 1 atom stereocenters. The van der Waals surface area contributed by atoms with Gasteiger partial charge in [0.1, 0.15) is 5.92 Å². The van der Waals surface area contributed by atoms with Crippen molar-refractivity contribution in [3.05, 3.63) is 35.9 Å². The molecule has 1 aromatic carbocycles. The van der Waals surface area contributed by atoms with Gasteiger partial charge in [0.25, 0.3) is 0 Å². The molecular formula is C9H8O2S2. The van der Waals surface area contributed by atoms with Crippen LogP contribution >= 0.6 is 24.8 Å². The number of thiol groups is 1. The van der Waals surface area contributed by atoms with Gasteiger partial charge in [-0.3, -0.25) is 4.79 Å². The van der Waals surface area contributed by atoms with Gasteiger partial charge in [-0.2, -0.15) is 0 Å². The summed E-state index contributed by atoms with van der Waals surface area (Å²) in [5, 5.41) is 8.86. The molecule has 0 saturated heterocycles. The van der Waals surface area contributed by atoms with E-state index in [2.05, 4.69) is 12.6 Å². The van der Waals surface area contributed by atoms with Crippen LogP contribution in [0.4, 0.5) is 0 Å². The second kappa shape index (κ2) is 4.39. The second-order valence-corrected chi connectivity index (χ2v) is 3.74. The van der Waals surface area contributed by atoms with Crippen molar-refractivity contribution in [1.29, 1.82) is 0 Å². The molecule has 13 heavy (non-hydrogen) atoms. The molecule has 1 unspecified atom stereocenters. The smallest absolute Gasteiger partial charge is 0.316 e. The van der Waals surface area contributed by atoms with Crippen molar-refractivity contribution in [2.45, 2.75) is 5.92 Å². The van der Waals surface area contributed by atoms with Gasteiger partial charge in [-0.1, -0.05) is 42.5 Å². The van der Waals surface area contributed by atoms with Gasteiger partial charge in [0, 0.05) is 0 Å². The third-order valence-corrected chi connectivity index (χ3v) is 2.12. The fourth-order valence-electron chi connectivity index (χ4n) is 1.04. The van der Waals surface area contributed by atoms with E-state index < -0.39 is 11.9 Å². The first kappa shape index (κ1) is 10.2. The summed E-state index contributed by atoms with van der Waals surface area (Å²) in [6.07, 6.45) is 0. The number of carboxylic acids is 1. The number of carboxylic acid groups (broad SMARTS) is 1. The SMILES string of the molecule is O=C(O)C(C(=S)S)c1ccccc1. The molecule has 1 aromatic rings. The quantitative estimate of drug-likeness (QED) is 0.595. The van der Waals surface area contributed by atoms with Gasteiger partial charge in [0.2, 0.25) is 0 Å². The maximum Gasteiger partial charge on any atom is 0.316 e. The van der Waals surface area contributed by atoms with Gasteiger partial charge in [0.15, 0.2) is 0 Å². The Bertz CT molecular complexity index is 308. The number of aliphatic carboxylic acids is 1. The number of benzene rings is 1. The van der Waals surface area contributed by atoms with E-state index in [-0.39, 0.29) is 4.20 Å². The number of hydrogen-bond acceptors (Lipinski definition) is 2. The molecule has 0 aliphatic heterocycles. The maximum atomic E-state index is 10.8. The molecule has 0 saturated carbocycles. The number of carbonyl (C=O) groups is 1. The zero-order valence-corrected chi connectivity index (χ0v) is 8.39. The molecule has 0 spiro atoms. The van der Waals surface area contributed by atoms with E-state index in [0.717, 1.165) is 0 Å². The molecule has 4 heteroatoms. The van der Waals surface area contributed by atoms with Crippen molar-refractivity contribution in [3.63, 3.8) is 0 Å². The normalized spacial score (nSPS) is 12.1. The fourth-order valence-corrected chi connectivity index (χ4v) is 1.53. The Labute approximate surface area is 87.0 Å². The average molecular weight is 212 g/mol. The van der Waals surface area contributed by atoms with Crippen molar-refractivity contribution in [3.8, 4) is 0 Å². The Hall–Kier alpha value is -0.870. The molecule has 68 valence electrons. The van der Waals surface area contributed by atoms with Crippen molar-refractivity contribution < 1.29 is 9.90 Å². The molecule has 0 aliphatic rings. The topological polar surface area (TPSA) is 37.3 Å². The first-order valence-corrected chi connectivity index (χ1v) is 4.49. The second-order valence-electron chi connectivity index (χ2n) is 2.52. The van der Waals surface area contributed by atoms with Gasteiger partial charge in [0.05, 0.1) is 4.20 Å². The average Bonchev–Trinajstić information content (AvgIpc) is 2.04. The monoisotopic (exact) mass is 212 g/mol. The van der Waals surface area contributed by atoms with E-state index in [0.29, 0.717) is 5.56 Å². The maximum absolute atomic E-state index is 10.8. The molecule has 1 rings (SSSR count). The minimum absolute atomic E-state index is 0.179. The van der Waals surface area contributed by atoms with E-state index in [1.807, 2.05) is 6.07 Å². The summed E-state index contributed by atoms with van der Waals surface area (Å²) in [6, 6.07) is 8.82. The van der Waals surface area contributed by atoms with E-state index in [9.17, 15) is 4.79 Å². The Kier molecular flexibility index (Phi) is 3.45. The van der Waals surface area contributed by atoms with Gasteiger partial charge in [-0.15, -0.1) is 12.6 Å². The molecule has 0 heterocycles. The van der Waals surface area contributed by atoms with Crippen LogP contribution < -0.4 is 0 Å². The van der Waals surface area contributed by atoms with Crippen molar-refractivity contribution in [2.24, 2.45) is 0 Å². The summed E-state index contributed by atoms with van der Waals surface area (Å²) in [7, 11) is 0. The molecule has 2 nitrogen and oxygen atoms in total. The van der Waals surface area contributed by atoms with Gasteiger partial charge in [-0.25, -0.2) is 0 Å². The Morgan fingerprint density at radius 2 is 1.92 bits per heavy atom. The third-order valence-electron chi connectivity index (χ3n) is 1.63. The molecule has 0 amide bonds.